The number of benzene rings is 2. The van der Waals surface area contributed by atoms with E-state index in [4.69, 9.17) is 14.2 Å². The number of carbonyl (C=O) groups excluding carboxylic acids is 2. The number of esters is 1. The maximum Gasteiger partial charge on any atom is 0.339 e. The third kappa shape index (κ3) is 4.74. The SMILES string of the molecule is CSc1ccccc1C(=O)OCC(=O)N(C)Cc1ccc2c(c1)OCCO2. The lowest BCUT2D eigenvalue weighted by Gasteiger charge is -2.21. The monoisotopic (exact) mass is 387 g/mol. The molecule has 0 aliphatic carbocycles. The van der Waals surface area contributed by atoms with Crippen molar-refractivity contribution >= 4 is 23.6 Å². The molecule has 0 saturated heterocycles. The summed E-state index contributed by atoms with van der Waals surface area (Å²) in [6.07, 6.45) is 1.89. The van der Waals surface area contributed by atoms with Crippen molar-refractivity contribution in [2.24, 2.45) is 0 Å². The lowest BCUT2D eigenvalue weighted by atomic mass is 10.2. The first-order valence-electron chi connectivity index (χ1n) is 8.51. The Labute approximate surface area is 162 Å². The van der Waals surface area contributed by atoms with Crippen molar-refractivity contribution in [2.75, 3.05) is 33.1 Å². The van der Waals surface area contributed by atoms with E-state index in [9.17, 15) is 9.59 Å². The van der Waals surface area contributed by atoms with Gasteiger partial charge in [0.25, 0.3) is 5.91 Å². The Morgan fingerprint density at radius 1 is 1.11 bits per heavy atom. The van der Waals surface area contributed by atoms with Crippen molar-refractivity contribution in [3.05, 3.63) is 53.6 Å². The van der Waals surface area contributed by atoms with Gasteiger partial charge in [0.15, 0.2) is 18.1 Å². The van der Waals surface area contributed by atoms with Gasteiger partial charge in [0.2, 0.25) is 0 Å². The van der Waals surface area contributed by atoms with Crippen molar-refractivity contribution < 1.29 is 23.8 Å². The van der Waals surface area contributed by atoms with Crippen LogP contribution in [0.25, 0.3) is 0 Å². The van der Waals surface area contributed by atoms with Crippen LogP contribution in [0.15, 0.2) is 47.4 Å². The molecule has 2 aromatic carbocycles. The van der Waals surface area contributed by atoms with Crippen LogP contribution in [-0.2, 0) is 16.1 Å². The first-order valence-corrected chi connectivity index (χ1v) is 9.73. The molecule has 27 heavy (non-hydrogen) atoms. The van der Waals surface area contributed by atoms with Gasteiger partial charge in [-0.2, -0.15) is 0 Å². The number of ether oxygens (including phenoxy) is 3. The molecule has 1 heterocycles. The molecule has 6 nitrogen and oxygen atoms in total. The highest BCUT2D eigenvalue weighted by Crippen LogP contribution is 2.31. The number of rotatable bonds is 6. The Hall–Kier alpha value is -2.67. The Bertz CT molecular complexity index is 839. The average Bonchev–Trinajstić information content (AvgIpc) is 2.71. The molecular weight excluding hydrogens is 366 g/mol. The molecule has 142 valence electrons. The summed E-state index contributed by atoms with van der Waals surface area (Å²) in [5.74, 6) is 0.612. The third-order valence-corrected chi connectivity index (χ3v) is 4.90. The normalized spacial score (nSPS) is 12.4. The number of likely N-dealkylation sites (N-methyl/N-ethyl adjacent to an activating group) is 1. The molecule has 1 aliphatic heterocycles. The summed E-state index contributed by atoms with van der Waals surface area (Å²) in [5.41, 5.74) is 1.38. The summed E-state index contributed by atoms with van der Waals surface area (Å²) in [5, 5.41) is 0. The quantitative estimate of drug-likeness (QED) is 0.561. The number of carbonyl (C=O) groups is 2. The predicted octanol–water partition coefficient (Wildman–Crippen LogP) is 3.00. The second-order valence-corrected chi connectivity index (χ2v) is 6.85. The van der Waals surface area contributed by atoms with E-state index in [1.807, 2.05) is 36.6 Å². The van der Waals surface area contributed by atoms with Gasteiger partial charge in [-0.15, -0.1) is 11.8 Å². The summed E-state index contributed by atoms with van der Waals surface area (Å²) in [6, 6.07) is 12.7. The van der Waals surface area contributed by atoms with E-state index in [1.165, 1.54) is 16.7 Å². The molecule has 0 bridgehead atoms. The minimum absolute atomic E-state index is 0.278. The number of hydrogen-bond acceptors (Lipinski definition) is 6. The molecule has 3 rings (SSSR count). The molecule has 7 heteroatoms. The van der Waals surface area contributed by atoms with Gasteiger partial charge in [0.05, 0.1) is 5.56 Å². The van der Waals surface area contributed by atoms with Crippen molar-refractivity contribution in [3.8, 4) is 11.5 Å². The Kier molecular flexibility index (Phi) is 6.24. The van der Waals surface area contributed by atoms with Crippen molar-refractivity contribution in [2.45, 2.75) is 11.4 Å². The van der Waals surface area contributed by atoms with Crippen LogP contribution in [0.4, 0.5) is 0 Å². The van der Waals surface area contributed by atoms with E-state index in [-0.39, 0.29) is 12.5 Å². The number of thioether (sulfide) groups is 1. The van der Waals surface area contributed by atoms with Crippen LogP contribution in [0.3, 0.4) is 0 Å². The summed E-state index contributed by atoms with van der Waals surface area (Å²) >= 11 is 1.46. The third-order valence-electron chi connectivity index (χ3n) is 4.11. The van der Waals surface area contributed by atoms with Crippen LogP contribution in [0.5, 0.6) is 11.5 Å². The molecule has 0 spiro atoms. The molecule has 0 atom stereocenters. The summed E-state index contributed by atoms with van der Waals surface area (Å²) < 4.78 is 16.2. The maximum absolute atomic E-state index is 12.3. The van der Waals surface area contributed by atoms with Crippen molar-refractivity contribution in [1.82, 2.24) is 4.90 Å². The average molecular weight is 387 g/mol. The largest absolute Gasteiger partial charge is 0.486 e. The van der Waals surface area contributed by atoms with Gasteiger partial charge >= 0.3 is 5.97 Å². The topological polar surface area (TPSA) is 65.1 Å². The van der Waals surface area contributed by atoms with Crippen LogP contribution in [-0.4, -0.2) is 49.9 Å². The Balaban J connectivity index is 1.55. The van der Waals surface area contributed by atoms with Gasteiger partial charge in [-0.05, 0) is 36.1 Å². The number of hydrogen-bond donors (Lipinski definition) is 0. The van der Waals surface area contributed by atoms with Crippen LogP contribution in [0.2, 0.25) is 0 Å². The summed E-state index contributed by atoms with van der Waals surface area (Å²) in [6.45, 7) is 1.13. The fourth-order valence-electron chi connectivity index (χ4n) is 2.68. The molecule has 0 fully saturated rings. The van der Waals surface area contributed by atoms with Crippen LogP contribution in [0.1, 0.15) is 15.9 Å². The minimum atomic E-state index is -0.499. The highest BCUT2D eigenvalue weighted by molar-refractivity contribution is 7.98. The van der Waals surface area contributed by atoms with Crippen molar-refractivity contribution in [1.29, 1.82) is 0 Å². The zero-order valence-corrected chi connectivity index (χ0v) is 16.1. The first kappa shape index (κ1) is 19.1. The van der Waals surface area contributed by atoms with Gasteiger partial charge in [0, 0.05) is 18.5 Å². The van der Waals surface area contributed by atoms with Gasteiger partial charge in [-0.1, -0.05) is 18.2 Å². The molecule has 0 unspecified atom stereocenters. The zero-order valence-electron chi connectivity index (χ0n) is 15.3. The van der Waals surface area contributed by atoms with E-state index in [1.54, 1.807) is 19.2 Å². The lowest BCUT2D eigenvalue weighted by Crippen LogP contribution is -2.31. The fourth-order valence-corrected chi connectivity index (χ4v) is 3.26. The number of amides is 1. The molecule has 0 radical (unpaired) electrons. The summed E-state index contributed by atoms with van der Waals surface area (Å²) in [4.78, 5) is 26.9. The molecular formula is C20H21NO5S. The van der Waals surface area contributed by atoms with Gasteiger partial charge < -0.3 is 19.1 Å². The Morgan fingerprint density at radius 3 is 2.63 bits per heavy atom. The van der Waals surface area contributed by atoms with E-state index in [2.05, 4.69) is 0 Å². The fraction of sp³-hybridized carbons (Fsp3) is 0.300. The minimum Gasteiger partial charge on any atom is -0.486 e. The maximum atomic E-state index is 12.3. The van der Waals surface area contributed by atoms with Crippen LogP contribution >= 0.6 is 11.8 Å². The molecule has 1 aliphatic rings. The first-order chi connectivity index (χ1) is 13.1. The van der Waals surface area contributed by atoms with Crippen LogP contribution in [0, 0.1) is 0 Å². The predicted molar refractivity (Wildman–Crippen MR) is 102 cm³/mol. The number of nitrogens with zero attached hydrogens (tertiary/aromatic N) is 1. The van der Waals surface area contributed by atoms with E-state index in [0.29, 0.717) is 36.8 Å². The standard InChI is InChI=1S/C20H21NO5S/c1-21(12-14-7-8-16-17(11-14)25-10-9-24-16)19(22)13-26-20(23)15-5-3-4-6-18(15)27-2/h3-8,11H,9-10,12-13H2,1-2H3. The van der Waals surface area contributed by atoms with E-state index in [0.717, 1.165) is 10.5 Å². The van der Waals surface area contributed by atoms with Gasteiger partial charge in [0.1, 0.15) is 13.2 Å². The molecule has 0 N–H and O–H groups in total. The van der Waals surface area contributed by atoms with E-state index >= 15 is 0 Å². The molecule has 0 aromatic heterocycles. The molecule has 0 saturated carbocycles. The zero-order chi connectivity index (χ0) is 19.2. The van der Waals surface area contributed by atoms with Gasteiger partial charge in [-0.25, -0.2) is 4.79 Å². The van der Waals surface area contributed by atoms with Gasteiger partial charge in [-0.3, -0.25) is 4.79 Å². The lowest BCUT2D eigenvalue weighted by molar-refractivity contribution is -0.133. The van der Waals surface area contributed by atoms with E-state index < -0.39 is 5.97 Å². The number of fused-ring (bicyclic) bond motifs is 1. The highest BCUT2D eigenvalue weighted by Gasteiger charge is 2.17. The second kappa shape index (κ2) is 8.81. The van der Waals surface area contributed by atoms with Crippen molar-refractivity contribution in [3.63, 3.8) is 0 Å². The highest BCUT2D eigenvalue weighted by atomic mass is 32.2. The summed E-state index contributed by atoms with van der Waals surface area (Å²) in [7, 11) is 1.67. The molecule has 2 aromatic rings. The Morgan fingerprint density at radius 2 is 1.85 bits per heavy atom. The molecule has 1 amide bonds. The smallest absolute Gasteiger partial charge is 0.339 e. The van der Waals surface area contributed by atoms with Crippen LogP contribution < -0.4 is 9.47 Å². The second-order valence-electron chi connectivity index (χ2n) is 6.00.